The first kappa shape index (κ1) is 28.1. The number of fused-ring (bicyclic) bond motifs is 1. The standard InChI is InChI=1S/C29H31Cl2FN6O2/c1-4-35(5-2)28(39)24-17-25-33-18(3)26(27(38(25)34-24)19-6-11-22(30)23(31)16-19)29(40)37-14-12-36(13-15-37)21-9-7-20(32)8-10-21/h6-11,16-17,26-27H,4-5,12-15H2,1-3H3. The lowest BCUT2D eigenvalue weighted by atomic mass is 9.87. The fourth-order valence-electron chi connectivity index (χ4n) is 5.45. The number of anilines is 1. The first-order valence-corrected chi connectivity index (χ1v) is 14.2. The van der Waals surface area contributed by atoms with Gasteiger partial charge in [0.15, 0.2) is 11.5 Å². The summed E-state index contributed by atoms with van der Waals surface area (Å²) < 4.78 is 15.1. The molecule has 3 heterocycles. The van der Waals surface area contributed by atoms with E-state index in [2.05, 4.69) is 10.00 Å². The molecule has 0 N–H and O–H groups in total. The van der Waals surface area contributed by atoms with Crippen molar-refractivity contribution >= 4 is 52.2 Å². The molecule has 2 aliphatic heterocycles. The van der Waals surface area contributed by atoms with Crippen LogP contribution in [0, 0.1) is 11.7 Å². The van der Waals surface area contributed by atoms with Crippen LogP contribution in [0.5, 0.6) is 0 Å². The molecule has 0 spiro atoms. The Bertz CT molecular complexity index is 1450. The number of benzene rings is 2. The number of aliphatic imine (C=N–C) groups is 1. The third-order valence-electron chi connectivity index (χ3n) is 7.64. The highest BCUT2D eigenvalue weighted by molar-refractivity contribution is 6.42. The minimum absolute atomic E-state index is 0.0751. The van der Waals surface area contributed by atoms with Gasteiger partial charge in [-0.05, 0) is 62.7 Å². The van der Waals surface area contributed by atoms with Crippen LogP contribution in [0.4, 0.5) is 15.9 Å². The van der Waals surface area contributed by atoms with Gasteiger partial charge < -0.3 is 14.7 Å². The summed E-state index contributed by atoms with van der Waals surface area (Å²) in [6, 6.07) is 12.8. The van der Waals surface area contributed by atoms with Gasteiger partial charge in [-0.1, -0.05) is 29.3 Å². The van der Waals surface area contributed by atoms with Gasteiger partial charge in [0.25, 0.3) is 5.91 Å². The molecule has 0 radical (unpaired) electrons. The SMILES string of the molecule is CCN(CC)C(=O)c1cc2n(n1)C(c1ccc(Cl)c(Cl)c1)C(C(=O)N1CCN(c3ccc(F)cc3)CC1)C(C)=N2. The fourth-order valence-corrected chi connectivity index (χ4v) is 5.75. The van der Waals surface area contributed by atoms with Gasteiger partial charge in [0.1, 0.15) is 11.7 Å². The molecule has 2 amide bonds. The van der Waals surface area contributed by atoms with Gasteiger partial charge in [-0.3, -0.25) is 9.59 Å². The van der Waals surface area contributed by atoms with E-state index >= 15 is 0 Å². The Hall–Kier alpha value is -3.43. The Balaban J connectivity index is 1.47. The van der Waals surface area contributed by atoms with Crippen molar-refractivity contribution in [2.24, 2.45) is 10.9 Å². The smallest absolute Gasteiger partial charge is 0.274 e. The molecule has 1 fully saturated rings. The number of carbonyl (C=O) groups excluding carboxylic acids is 2. The van der Waals surface area contributed by atoms with E-state index in [1.54, 1.807) is 39.9 Å². The Morgan fingerprint density at radius 3 is 2.27 bits per heavy atom. The number of rotatable bonds is 6. The van der Waals surface area contributed by atoms with Gasteiger partial charge >= 0.3 is 0 Å². The Kier molecular flexibility index (Phi) is 8.14. The Labute approximate surface area is 243 Å². The minimum atomic E-state index is -0.654. The van der Waals surface area contributed by atoms with Crippen LogP contribution in [0.1, 0.15) is 42.9 Å². The molecule has 2 unspecified atom stereocenters. The number of hydrogen-bond acceptors (Lipinski definition) is 5. The lowest BCUT2D eigenvalue weighted by Crippen LogP contribution is -2.53. The van der Waals surface area contributed by atoms with Crippen LogP contribution in [0.15, 0.2) is 53.5 Å². The molecule has 40 heavy (non-hydrogen) atoms. The van der Waals surface area contributed by atoms with Gasteiger partial charge in [-0.15, -0.1) is 0 Å². The number of nitrogens with zero attached hydrogens (tertiary/aromatic N) is 6. The third kappa shape index (κ3) is 5.32. The Morgan fingerprint density at radius 2 is 1.65 bits per heavy atom. The second kappa shape index (κ2) is 11.6. The predicted octanol–water partition coefficient (Wildman–Crippen LogP) is 5.47. The van der Waals surface area contributed by atoms with E-state index in [0.717, 1.165) is 11.3 Å². The maximum absolute atomic E-state index is 14.1. The summed E-state index contributed by atoms with van der Waals surface area (Å²) >= 11 is 12.6. The highest BCUT2D eigenvalue weighted by Gasteiger charge is 2.42. The van der Waals surface area contributed by atoms with Crippen LogP contribution in [0.25, 0.3) is 0 Å². The largest absolute Gasteiger partial charge is 0.368 e. The highest BCUT2D eigenvalue weighted by Crippen LogP contribution is 2.39. The molecule has 3 aromatic rings. The molecule has 0 saturated carbocycles. The van der Waals surface area contributed by atoms with Crippen LogP contribution in [-0.4, -0.2) is 76.4 Å². The van der Waals surface area contributed by atoms with Crippen LogP contribution < -0.4 is 4.90 Å². The first-order valence-electron chi connectivity index (χ1n) is 13.4. The zero-order valence-electron chi connectivity index (χ0n) is 22.6. The quantitative estimate of drug-likeness (QED) is 0.385. The average molecular weight is 586 g/mol. The van der Waals surface area contributed by atoms with Crippen LogP contribution in [0.2, 0.25) is 10.0 Å². The van der Waals surface area contributed by atoms with E-state index in [9.17, 15) is 14.0 Å². The zero-order chi connectivity index (χ0) is 28.6. The van der Waals surface area contributed by atoms with Crippen LogP contribution >= 0.6 is 23.2 Å². The van der Waals surface area contributed by atoms with Crippen molar-refractivity contribution in [3.63, 3.8) is 0 Å². The van der Waals surface area contributed by atoms with Crippen molar-refractivity contribution < 1.29 is 14.0 Å². The summed E-state index contributed by atoms with van der Waals surface area (Å²) in [5.74, 6) is -0.688. The summed E-state index contributed by atoms with van der Waals surface area (Å²) in [6.45, 7) is 9.04. The van der Waals surface area contributed by atoms with Gasteiger partial charge in [0.2, 0.25) is 5.91 Å². The molecule has 0 aliphatic carbocycles. The number of amides is 2. The first-order chi connectivity index (χ1) is 19.2. The molecule has 11 heteroatoms. The topological polar surface area (TPSA) is 74.0 Å². The van der Waals surface area contributed by atoms with Gasteiger partial charge in [0.05, 0.1) is 16.1 Å². The Morgan fingerprint density at radius 1 is 0.975 bits per heavy atom. The second-order valence-electron chi connectivity index (χ2n) is 9.95. The van der Waals surface area contributed by atoms with Gasteiger partial charge in [-0.2, -0.15) is 5.10 Å². The normalized spacial score (nSPS) is 18.8. The predicted molar refractivity (Wildman–Crippen MR) is 156 cm³/mol. The van der Waals surface area contributed by atoms with Crippen molar-refractivity contribution in [2.45, 2.75) is 26.8 Å². The fraction of sp³-hybridized carbons (Fsp3) is 0.379. The molecule has 210 valence electrons. The summed E-state index contributed by atoms with van der Waals surface area (Å²) in [6.07, 6.45) is 0. The zero-order valence-corrected chi connectivity index (χ0v) is 24.2. The van der Waals surface area contributed by atoms with Crippen LogP contribution in [-0.2, 0) is 4.79 Å². The van der Waals surface area contributed by atoms with E-state index in [0.29, 0.717) is 60.8 Å². The maximum Gasteiger partial charge on any atom is 0.274 e. The molecule has 0 bridgehead atoms. The van der Waals surface area contributed by atoms with Gasteiger partial charge in [-0.25, -0.2) is 14.1 Å². The van der Waals surface area contributed by atoms with E-state index in [-0.39, 0.29) is 23.3 Å². The number of aromatic nitrogens is 2. The van der Waals surface area contributed by atoms with Crippen molar-refractivity contribution in [3.05, 3.63) is 75.7 Å². The molecule has 8 nitrogen and oxygen atoms in total. The summed E-state index contributed by atoms with van der Waals surface area (Å²) in [5.41, 5.74) is 2.58. The number of halogens is 3. The van der Waals surface area contributed by atoms with Crippen LogP contribution in [0.3, 0.4) is 0 Å². The second-order valence-corrected chi connectivity index (χ2v) is 10.8. The molecule has 1 saturated heterocycles. The molecule has 2 atom stereocenters. The lowest BCUT2D eigenvalue weighted by molar-refractivity contribution is -0.134. The summed E-state index contributed by atoms with van der Waals surface area (Å²) in [7, 11) is 0. The van der Waals surface area contributed by atoms with E-state index in [4.69, 9.17) is 28.2 Å². The van der Waals surface area contributed by atoms with E-state index in [1.807, 2.05) is 31.7 Å². The lowest BCUT2D eigenvalue weighted by Gasteiger charge is -2.40. The maximum atomic E-state index is 14.1. The monoisotopic (exact) mass is 584 g/mol. The molecule has 1 aromatic heterocycles. The molecular weight excluding hydrogens is 554 g/mol. The van der Waals surface area contributed by atoms with E-state index < -0.39 is 12.0 Å². The molecule has 2 aliphatic rings. The number of hydrogen-bond donors (Lipinski definition) is 0. The summed E-state index contributed by atoms with van der Waals surface area (Å²) in [5, 5.41) is 5.46. The minimum Gasteiger partial charge on any atom is -0.368 e. The molecule has 5 rings (SSSR count). The van der Waals surface area contributed by atoms with Gasteiger partial charge in [0, 0.05) is 56.7 Å². The van der Waals surface area contributed by atoms with Crippen molar-refractivity contribution in [1.29, 1.82) is 0 Å². The number of carbonyl (C=O) groups is 2. The van der Waals surface area contributed by atoms with Crippen molar-refractivity contribution in [3.8, 4) is 0 Å². The number of piperazine rings is 1. The van der Waals surface area contributed by atoms with Crippen molar-refractivity contribution in [1.82, 2.24) is 19.6 Å². The molecule has 2 aromatic carbocycles. The molecular formula is C29H31Cl2FN6O2. The third-order valence-corrected chi connectivity index (χ3v) is 8.38. The summed E-state index contributed by atoms with van der Waals surface area (Å²) in [4.78, 5) is 37.7. The highest BCUT2D eigenvalue weighted by atomic mass is 35.5. The van der Waals surface area contributed by atoms with E-state index in [1.165, 1.54) is 12.1 Å². The van der Waals surface area contributed by atoms with Crippen molar-refractivity contribution in [2.75, 3.05) is 44.2 Å². The average Bonchev–Trinajstić information content (AvgIpc) is 3.38.